The van der Waals surface area contributed by atoms with E-state index in [-0.39, 0.29) is 17.5 Å². The molecule has 0 spiro atoms. The first kappa shape index (κ1) is 16.0. The highest BCUT2D eigenvalue weighted by Crippen LogP contribution is 2.36. The van der Waals surface area contributed by atoms with Crippen LogP contribution in [0.2, 0.25) is 0 Å². The van der Waals surface area contributed by atoms with Crippen molar-refractivity contribution in [3.8, 4) is 0 Å². The molecule has 6 heteroatoms. The normalized spacial score (nSPS) is 16.6. The van der Waals surface area contributed by atoms with Gasteiger partial charge in [0, 0.05) is 7.05 Å². The number of hydrogen-bond donors (Lipinski definition) is 1. The molecule has 1 N–H and O–H groups in total. The van der Waals surface area contributed by atoms with E-state index in [0.717, 1.165) is 24.8 Å². The van der Waals surface area contributed by atoms with Gasteiger partial charge in [-0.15, -0.1) is 11.3 Å². The number of amides is 1. The molecule has 0 fully saturated rings. The number of aryl methyl sites for hydroxylation is 2. The van der Waals surface area contributed by atoms with Gasteiger partial charge in [-0.25, -0.2) is 4.98 Å². The summed E-state index contributed by atoms with van der Waals surface area (Å²) >= 11 is 1.30. The van der Waals surface area contributed by atoms with Gasteiger partial charge in [0.05, 0.1) is 22.6 Å². The van der Waals surface area contributed by atoms with Crippen LogP contribution in [-0.4, -0.2) is 27.8 Å². The van der Waals surface area contributed by atoms with E-state index in [9.17, 15) is 9.59 Å². The minimum atomic E-state index is -0.191. The third-order valence-corrected chi connectivity index (χ3v) is 6.24. The van der Waals surface area contributed by atoms with E-state index in [1.807, 2.05) is 24.9 Å². The number of H-pyrrole nitrogens is 1. The average molecular weight is 353 g/mol. The van der Waals surface area contributed by atoms with Crippen molar-refractivity contribution in [1.82, 2.24) is 14.9 Å². The zero-order valence-corrected chi connectivity index (χ0v) is 15.0. The zero-order chi connectivity index (χ0) is 17.6. The average Bonchev–Trinajstić information content (AvgIpc) is 2.98. The Morgan fingerprint density at radius 2 is 2.16 bits per heavy atom. The van der Waals surface area contributed by atoms with Gasteiger partial charge in [-0.3, -0.25) is 9.59 Å². The topological polar surface area (TPSA) is 66.1 Å². The second-order valence-corrected chi connectivity index (χ2v) is 7.49. The van der Waals surface area contributed by atoms with Crippen LogP contribution in [0.3, 0.4) is 0 Å². The Labute approximate surface area is 149 Å². The van der Waals surface area contributed by atoms with Crippen LogP contribution in [0, 0.1) is 6.92 Å². The molecule has 0 unspecified atom stereocenters. The summed E-state index contributed by atoms with van der Waals surface area (Å²) in [4.78, 5) is 35.0. The molecule has 0 bridgehead atoms. The van der Waals surface area contributed by atoms with Crippen molar-refractivity contribution in [1.29, 1.82) is 0 Å². The number of benzene rings is 1. The third-order valence-electron chi connectivity index (χ3n) is 5.05. The van der Waals surface area contributed by atoms with Crippen molar-refractivity contribution in [3.05, 3.63) is 62.5 Å². The number of aromatic amines is 1. The Morgan fingerprint density at radius 3 is 2.96 bits per heavy atom. The maximum atomic E-state index is 13.2. The summed E-state index contributed by atoms with van der Waals surface area (Å²) in [6, 6.07) is 8.43. The molecule has 0 radical (unpaired) electrons. The molecule has 4 rings (SSSR count). The van der Waals surface area contributed by atoms with E-state index in [1.54, 1.807) is 0 Å². The molecule has 1 amide bonds. The minimum absolute atomic E-state index is 0.0402. The van der Waals surface area contributed by atoms with E-state index >= 15 is 0 Å². The summed E-state index contributed by atoms with van der Waals surface area (Å²) in [5, 5.41) is 0.522. The summed E-state index contributed by atoms with van der Waals surface area (Å²) in [5.74, 6) is -0.0402. The number of thiophene rings is 1. The van der Waals surface area contributed by atoms with Crippen molar-refractivity contribution >= 4 is 27.5 Å². The molecule has 0 saturated heterocycles. The Bertz CT molecular complexity index is 1020. The molecular weight excluding hydrogens is 334 g/mol. The monoisotopic (exact) mass is 353 g/mol. The van der Waals surface area contributed by atoms with Crippen molar-refractivity contribution in [2.24, 2.45) is 0 Å². The van der Waals surface area contributed by atoms with Crippen molar-refractivity contribution in [2.45, 2.75) is 32.2 Å². The van der Waals surface area contributed by atoms with Gasteiger partial charge < -0.3 is 9.88 Å². The highest BCUT2D eigenvalue weighted by Gasteiger charge is 2.29. The van der Waals surface area contributed by atoms with E-state index < -0.39 is 0 Å². The molecule has 1 aliphatic rings. The Kier molecular flexibility index (Phi) is 3.92. The zero-order valence-electron chi connectivity index (χ0n) is 14.2. The maximum absolute atomic E-state index is 13.2. The predicted molar refractivity (Wildman–Crippen MR) is 99.2 cm³/mol. The van der Waals surface area contributed by atoms with Crippen LogP contribution in [0.15, 0.2) is 35.4 Å². The number of nitrogens with one attached hydrogen (secondary N) is 1. The first-order chi connectivity index (χ1) is 12.1. The van der Waals surface area contributed by atoms with Gasteiger partial charge in [-0.2, -0.15) is 0 Å². The lowest BCUT2D eigenvalue weighted by Crippen LogP contribution is -2.33. The predicted octanol–water partition coefficient (Wildman–Crippen LogP) is 3.44. The summed E-state index contributed by atoms with van der Waals surface area (Å²) in [6.45, 7) is 1.83. The largest absolute Gasteiger partial charge is 0.334 e. The molecular formula is C19H19N3O2S. The third kappa shape index (κ3) is 2.57. The maximum Gasteiger partial charge on any atom is 0.264 e. The number of rotatable bonds is 2. The second-order valence-electron chi connectivity index (χ2n) is 6.49. The molecule has 0 aliphatic heterocycles. The molecule has 1 atom stereocenters. The molecule has 128 valence electrons. The van der Waals surface area contributed by atoms with Crippen molar-refractivity contribution in [3.63, 3.8) is 0 Å². The molecule has 25 heavy (non-hydrogen) atoms. The van der Waals surface area contributed by atoms with Crippen LogP contribution < -0.4 is 5.56 Å². The first-order valence-electron chi connectivity index (χ1n) is 8.39. The van der Waals surface area contributed by atoms with Crippen LogP contribution in [0.25, 0.3) is 10.2 Å². The molecule has 5 nitrogen and oxygen atoms in total. The SMILES string of the molecule is Cc1c(C(=O)N(C)[C@H]2CCCc3ccccc32)sc2nc[nH]c(=O)c12. The van der Waals surface area contributed by atoms with Crippen molar-refractivity contribution in [2.75, 3.05) is 7.05 Å². The van der Waals surface area contributed by atoms with Crippen LogP contribution in [0.4, 0.5) is 0 Å². The second kappa shape index (κ2) is 6.11. The number of aromatic nitrogens is 2. The van der Waals surface area contributed by atoms with Crippen LogP contribution in [0.5, 0.6) is 0 Å². The lowest BCUT2D eigenvalue weighted by atomic mass is 9.87. The number of hydrogen-bond acceptors (Lipinski definition) is 4. The van der Waals surface area contributed by atoms with Gasteiger partial charge in [-0.1, -0.05) is 24.3 Å². The summed E-state index contributed by atoms with van der Waals surface area (Å²) in [7, 11) is 1.86. The fourth-order valence-corrected chi connectivity index (χ4v) is 4.85. The van der Waals surface area contributed by atoms with E-state index in [0.29, 0.717) is 15.1 Å². The minimum Gasteiger partial charge on any atom is -0.334 e. The molecule has 1 aromatic carbocycles. The van der Waals surface area contributed by atoms with Gasteiger partial charge in [0.25, 0.3) is 11.5 Å². The first-order valence-corrected chi connectivity index (χ1v) is 9.21. The number of carbonyl (C=O) groups is 1. The smallest absolute Gasteiger partial charge is 0.264 e. The van der Waals surface area contributed by atoms with Crippen LogP contribution >= 0.6 is 11.3 Å². The summed E-state index contributed by atoms with van der Waals surface area (Å²) < 4.78 is 0. The number of carbonyl (C=O) groups excluding carboxylic acids is 1. The van der Waals surface area contributed by atoms with Crippen LogP contribution in [-0.2, 0) is 6.42 Å². The molecule has 0 saturated carbocycles. The van der Waals surface area contributed by atoms with Crippen molar-refractivity contribution < 1.29 is 4.79 Å². The number of fused-ring (bicyclic) bond motifs is 2. The van der Waals surface area contributed by atoms with E-state index in [2.05, 4.69) is 28.2 Å². The van der Waals surface area contributed by atoms with E-state index in [4.69, 9.17) is 0 Å². The fraction of sp³-hybridized carbons (Fsp3) is 0.316. The van der Waals surface area contributed by atoms with Gasteiger partial charge in [0.2, 0.25) is 0 Å². The molecule has 2 aromatic heterocycles. The van der Waals surface area contributed by atoms with Gasteiger partial charge >= 0.3 is 0 Å². The van der Waals surface area contributed by atoms with Gasteiger partial charge in [0.1, 0.15) is 4.83 Å². The summed E-state index contributed by atoms with van der Waals surface area (Å²) in [6.07, 6.45) is 4.49. The van der Waals surface area contributed by atoms with Gasteiger partial charge in [0.15, 0.2) is 0 Å². The van der Waals surface area contributed by atoms with Gasteiger partial charge in [-0.05, 0) is 42.9 Å². The Hall–Kier alpha value is -2.47. The Morgan fingerprint density at radius 1 is 1.36 bits per heavy atom. The van der Waals surface area contributed by atoms with E-state index in [1.165, 1.54) is 28.8 Å². The van der Waals surface area contributed by atoms with Crippen LogP contribution in [0.1, 0.15) is 45.2 Å². The molecule has 2 heterocycles. The highest BCUT2D eigenvalue weighted by atomic mass is 32.1. The highest BCUT2D eigenvalue weighted by molar-refractivity contribution is 7.20. The quantitative estimate of drug-likeness (QED) is 0.767. The lowest BCUT2D eigenvalue weighted by Gasteiger charge is -2.33. The Balaban J connectivity index is 1.74. The molecule has 3 aromatic rings. The fourth-order valence-electron chi connectivity index (χ4n) is 3.71. The molecule has 1 aliphatic carbocycles. The standard InChI is InChI=1S/C19H19N3O2S/c1-11-15-17(23)20-10-21-18(15)25-16(11)19(24)22(2)14-9-5-7-12-6-3-4-8-13(12)14/h3-4,6,8,10,14H,5,7,9H2,1-2H3,(H,20,21,23)/t14-/m0/s1. The lowest BCUT2D eigenvalue weighted by molar-refractivity contribution is 0.0719. The summed E-state index contributed by atoms with van der Waals surface area (Å²) in [5.41, 5.74) is 3.09. The number of nitrogens with zero attached hydrogens (tertiary/aromatic N) is 2.